The van der Waals surface area contributed by atoms with E-state index in [1.165, 1.54) is 0 Å². The maximum Gasteiger partial charge on any atom is 0.327 e. The molecule has 14 heavy (non-hydrogen) atoms. The molecule has 82 valence electrons. The SMILES string of the molecule is CCC(O)[C@H](O)CCC/C=C/C(=O)O. The molecule has 0 spiro atoms. The van der Waals surface area contributed by atoms with Crippen LogP contribution in [0.3, 0.4) is 0 Å². The van der Waals surface area contributed by atoms with Crippen molar-refractivity contribution < 1.29 is 20.1 Å². The molecule has 0 fully saturated rings. The molecule has 0 aliphatic carbocycles. The van der Waals surface area contributed by atoms with E-state index < -0.39 is 18.2 Å². The van der Waals surface area contributed by atoms with Gasteiger partial charge in [0.25, 0.3) is 0 Å². The lowest BCUT2D eigenvalue weighted by molar-refractivity contribution is -0.131. The van der Waals surface area contributed by atoms with Crippen LogP contribution in [0.1, 0.15) is 32.6 Å². The number of carboxylic acids is 1. The van der Waals surface area contributed by atoms with E-state index in [2.05, 4.69) is 0 Å². The smallest absolute Gasteiger partial charge is 0.327 e. The first-order valence-electron chi connectivity index (χ1n) is 4.83. The Balaban J connectivity index is 3.49. The van der Waals surface area contributed by atoms with Crippen molar-refractivity contribution in [3.63, 3.8) is 0 Å². The molecule has 0 aliphatic rings. The number of hydrogen-bond donors (Lipinski definition) is 3. The van der Waals surface area contributed by atoms with Gasteiger partial charge in [-0.3, -0.25) is 0 Å². The van der Waals surface area contributed by atoms with Crippen LogP contribution in [-0.2, 0) is 4.79 Å². The zero-order valence-electron chi connectivity index (χ0n) is 8.39. The molecule has 0 aromatic carbocycles. The fourth-order valence-corrected chi connectivity index (χ4v) is 1.09. The summed E-state index contributed by atoms with van der Waals surface area (Å²) in [4.78, 5) is 10.1. The summed E-state index contributed by atoms with van der Waals surface area (Å²) >= 11 is 0. The molecule has 0 radical (unpaired) electrons. The summed E-state index contributed by atoms with van der Waals surface area (Å²) in [5.41, 5.74) is 0. The highest BCUT2D eigenvalue weighted by molar-refractivity contribution is 5.79. The van der Waals surface area contributed by atoms with Crippen molar-refractivity contribution in [1.29, 1.82) is 0 Å². The summed E-state index contributed by atoms with van der Waals surface area (Å²) in [7, 11) is 0. The third kappa shape index (κ3) is 6.62. The van der Waals surface area contributed by atoms with Gasteiger partial charge in [0.2, 0.25) is 0 Å². The maximum atomic E-state index is 10.1. The Morgan fingerprint density at radius 3 is 2.50 bits per heavy atom. The minimum atomic E-state index is -0.959. The van der Waals surface area contributed by atoms with Crippen LogP contribution in [0.5, 0.6) is 0 Å². The van der Waals surface area contributed by atoms with E-state index in [9.17, 15) is 15.0 Å². The highest BCUT2D eigenvalue weighted by atomic mass is 16.4. The minimum absolute atomic E-state index is 0.499. The Morgan fingerprint density at radius 1 is 1.36 bits per heavy atom. The molecule has 0 heterocycles. The summed E-state index contributed by atoms with van der Waals surface area (Å²) in [5, 5.41) is 26.8. The van der Waals surface area contributed by atoms with Gasteiger partial charge in [-0.25, -0.2) is 4.79 Å². The van der Waals surface area contributed by atoms with Crippen LogP contribution in [0.25, 0.3) is 0 Å². The number of aliphatic hydroxyl groups is 2. The highest BCUT2D eigenvalue weighted by Crippen LogP contribution is 2.07. The third-order valence-electron chi connectivity index (χ3n) is 1.99. The first-order valence-corrected chi connectivity index (χ1v) is 4.83. The Kier molecular flexibility index (Phi) is 7.06. The minimum Gasteiger partial charge on any atom is -0.478 e. The largest absolute Gasteiger partial charge is 0.478 e. The summed E-state index contributed by atoms with van der Waals surface area (Å²) in [6.07, 6.45) is 3.60. The summed E-state index contributed by atoms with van der Waals surface area (Å²) < 4.78 is 0. The molecule has 2 atom stereocenters. The van der Waals surface area contributed by atoms with E-state index in [-0.39, 0.29) is 0 Å². The van der Waals surface area contributed by atoms with Crippen molar-refractivity contribution in [2.45, 2.75) is 44.8 Å². The first kappa shape index (κ1) is 13.1. The quantitative estimate of drug-likeness (QED) is 0.424. The number of hydrogen-bond acceptors (Lipinski definition) is 3. The normalized spacial score (nSPS) is 15.6. The van der Waals surface area contributed by atoms with E-state index in [1.54, 1.807) is 13.0 Å². The first-order chi connectivity index (χ1) is 6.57. The number of carbonyl (C=O) groups is 1. The Labute approximate surface area is 83.9 Å². The number of aliphatic hydroxyl groups excluding tert-OH is 2. The standard InChI is InChI=1S/C10H18O4/c1-2-8(11)9(12)6-4-3-5-7-10(13)14/h5,7-9,11-12H,2-4,6H2,1H3,(H,13,14)/b7-5+/t8?,9-/m1/s1. The molecule has 0 saturated heterocycles. The van der Waals surface area contributed by atoms with E-state index in [0.717, 1.165) is 6.08 Å². The number of carboxylic acid groups (broad SMARTS) is 1. The summed E-state index contributed by atoms with van der Waals surface area (Å²) in [6.45, 7) is 1.80. The predicted octanol–water partition coefficient (Wildman–Crippen LogP) is 0.929. The van der Waals surface area contributed by atoms with Gasteiger partial charge >= 0.3 is 5.97 Å². The molecule has 4 nitrogen and oxygen atoms in total. The lowest BCUT2D eigenvalue weighted by Crippen LogP contribution is -2.24. The van der Waals surface area contributed by atoms with Crippen molar-refractivity contribution in [3.8, 4) is 0 Å². The van der Waals surface area contributed by atoms with Gasteiger partial charge in [-0.1, -0.05) is 13.0 Å². The zero-order valence-corrected chi connectivity index (χ0v) is 8.39. The lowest BCUT2D eigenvalue weighted by atomic mass is 10.1. The average Bonchev–Trinajstić information content (AvgIpc) is 2.15. The van der Waals surface area contributed by atoms with Crippen molar-refractivity contribution in [3.05, 3.63) is 12.2 Å². The van der Waals surface area contributed by atoms with Crippen molar-refractivity contribution in [2.75, 3.05) is 0 Å². The van der Waals surface area contributed by atoms with Gasteiger partial charge in [0.05, 0.1) is 12.2 Å². The molecule has 0 rings (SSSR count). The van der Waals surface area contributed by atoms with E-state index in [4.69, 9.17) is 5.11 Å². The average molecular weight is 202 g/mol. The molecule has 1 unspecified atom stereocenters. The number of rotatable bonds is 7. The van der Waals surface area contributed by atoms with Crippen molar-refractivity contribution >= 4 is 5.97 Å². The maximum absolute atomic E-state index is 10.1. The van der Waals surface area contributed by atoms with Crippen LogP contribution < -0.4 is 0 Å². The summed E-state index contributed by atoms with van der Waals surface area (Å²) in [5.74, 6) is -0.959. The van der Waals surface area contributed by atoms with Crippen LogP contribution in [0, 0.1) is 0 Å². The number of unbranched alkanes of at least 4 members (excludes halogenated alkanes) is 1. The highest BCUT2D eigenvalue weighted by Gasteiger charge is 2.12. The topological polar surface area (TPSA) is 77.8 Å². The van der Waals surface area contributed by atoms with Crippen molar-refractivity contribution in [1.82, 2.24) is 0 Å². The molecule has 3 N–H and O–H groups in total. The third-order valence-corrected chi connectivity index (χ3v) is 1.99. The van der Waals surface area contributed by atoms with Crippen LogP contribution in [0.4, 0.5) is 0 Å². The predicted molar refractivity (Wildman–Crippen MR) is 52.9 cm³/mol. The van der Waals surface area contributed by atoms with Crippen LogP contribution in [-0.4, -0.2) is 33.5 Å². The lowest BCUT2D eigenvalue weighted by Gasteiger charge is -2.14. The molecule has 4 heteroatoms. The van der Waals surface area contributed by atoms with E-state index >= 15 is 0 Å². The fraction of sp³-hybridized carbons (Fsp3) is 0.700. The fourth-order valence-electron chi connectivity index (χ4n) is 1.09. The van der Waals surface area contributed by atoms with Crippen LogP contribution in [0.15, 0.2) is 12.2 Å². The molecule has 0 saturated carbocycles. The molecule has 0 amide bonds. The second-order valence-corrected chi connectivity index (χ2v) is 3.21. The monoisotopic (exact) mass is 202 g/mol. The number of allylic oxidation sites excluding steroid dienone is 1. The van der Waals surface area contributed by atoms with Gasteiger partial charge in [0.1, 0.15) is 0 Å². The van der Waals surface area contributed by atoms with Gasteiger partial charge < -0.3 is 15.3 Å². The van der Waals surface area contributed by atoms with Crippen LogP contribution >= 0.6 is 0 Å². The van der Waals surface area contributed by atoms with E-state index in [1.807, 2.05) is 0 Å². The Hall–Kier alpha value is -0.870. The van der Waals surface area contributed by atoms with Gasteiger partial charge in [0, 0.05) is 6.08 Å². The number of aliphatic carboxylic acids is 1. The van der Waals surface area contributed by atoms with Gasteiger partial charge in [-0.15, -0.1) is 0 Å². The van der Waals surface area contributed by atoms with Gasteiger partial charge in [-0.2, -0.15) is 0 Å². The molecule has 0 aromatic rings. The molecular weight excluding hydrogens is 184 g/mol. The Bertz CT molecular complexity index is 189. The van der Waals surface area contributed by atoms with Crippen LogP contribution in [0.2, 0.25) is 0 Å². The van der Waals surface area contributed by atoms with Gasteiger partial charge in [0.15, 0.2) is 0 Å². The second kappa shape index (κ2) is 7.53. The molecule has 0 aromatic heterocycles. The molecular formula is C10H18O4. The molecule has 0 aliphatic heterocycles. The summed E-state index contributed by atoms with van der Waals surface area (Å²) in [6, 6.07) is 0. The molecule has 0 bridgehead atoms. The van der Waals surface area contributed by atoms with Gasteiger partial charge in [-0.05, 0) is 25.7 Å². The second-order valence-electron chi connectivity index (χ2n) is 3.21. The Morgan fingerprint density at radius 2 is 2.00 bits per heavy atom. The van der Waals surface area contributed by atoms with Crippen molar-refractivity contribution in [2.24, 2.45) is 0 Å². The van der Waals surface area contributed by atoms with E-state index in [0.29, 0.717) is 25.7 Å². The zero-order chi connectivity index (χ0) is 11.0.